The fourth-order valence-corrected chi connectivity index (χ4v) is 1.34. The van der Waals surface area contributed by atoms with Gasteiger partial charge in [0, 0.05) is 11.4 Å². The predicted molar refractivity (Wildman–Crippen MR) is 82.4 cm³/mol. The lowest BCUT2D eigenvalue weighted by molar-refractivity contribution is 0.262. The number of benzene rings is 2. The van der Waals surface area contributed by atoms with Gasteiger partial charge in [-0.25, -0.2) is 4.79 Å². The number of urea groups is 1. The predicted octanol–water partition coefficient (Wildman–Crippen LogP) is 3.54. The van der Waals surface area contributed by atoms with Crippen LogP contribution in [0.15, 0.2) is 60.7 Å². The summed E-state index contributed by atoms with van der Waals surface area (Å²) in [6, 6.07) is 18.4. The lowest BCUT2D eigenvalue weighted by atomic mass is 10.3. The molecule has 0 saturated carbocycles. The fraction of sp³-hybridized carbons (Fsp3) is 0.133. The maximum absolute atomic E-state index is 11.6. The highest BCUT2D eigenvalue weighted by Gasteiger charge is 2.00. The van der Waals surface area contributed by atoms with E-state index in [1.165, 1.54) is 7.05 Å². The normalized spacial score (nSPS) is 8.32. The molecule has 2 aromatic carbocycles. The van der Waals surface area contributed by atoms with Gasteiger partial charge in [-0.3, -0.25) is 0 Å². The van der Waals surface area contributed by atoms with Crippen LogP contribution in [0, 0.1) is 0 Å². The first-order valence-electron chi connectivity index (χ1n) is 5.60. The maximum Gasteiger partial charge on any atom is 0.323 e. The van der Waals surface area contributed by atoms with E-state index in [1.807, 2.05) is 60.7 Å². The lowest BCUT2D eigenvalue weighted by Gasteiger charge is -2.06. The molecule has 0 aliphatic carbocycles. The highest BCUT2D eigenvalue weighted by atomic mass is 16.2. The Balaban J connectivity index is 0.00000103. The SMILES string of the molecule is C.CN.O=C(Nc1ccccc1)Nc1ccccc1. The van der Waals surface area contributed by atoms with E-state index in [9.17, 15) is 4.79 Å². The van der Waals surface area contributed by atoms with Gasteiger partial charge >= 0.3 is 6.03 Å². The molecule has 2 rings (SSSR count). The van der Waals surface area contributed by atoms with Crippen LogP contribution in [0.2, 0.25) is 0 Å². The van der Waals surface area contributed by atoms with Gasteiger partial charge in [-0.1, -0.05) is 43.8 Å². The Hall–Kier alpha value is -2.33. The third-order valence-electron chi connectivity index (χ3n) is 2.06. The van der Waals surface area contributed by atoms with E-state index in [-0.39, 0.29) is 13.5 Å². The third kappa shape index (κ3) is 6.24. The van der Waals surface area contributed by atoms with Crippen LogP contribution in [0.3, 0.4) is 0 Å². The molecule has 0 aromatic heterocycles. The molecule has 0 radical (unpaired) electrons. The minimum Gasteiger partial charge on any atom is -0.333 e. The number of amides is 2. The van der Waals surface area contributed by atoms with Crippen LogP contribution in [-0.2, 0) is 0 Å². The van der Waals surface area contributed by atoms with Crippen LogP contribution in [0.4, 0.5) is 16.2 Å². The number of hydrogen-bond donors (Lipinski definition) is 3. The first kappa shape index (κ1) is 16.7. The summed E-state index contributed by atoms with van der Waals surface area (Å²) in [5.41, 5.74) is 6.05. The van der Waals surface area contributed by atoms with E-state index in [0.717, 1.165) is 11.4 Å². The van der Waals surface area contributed by atoms with Crippen molar-refractivity contribution >= 4 is 17.4 Å². The third-order valence-corrected chi connectivity index (χ3v) is 2.06. The molecule has 2 amide bonds. The number of anilines is 2. The van der Waals surface area contributed by atoms with E-state index in [2.05, 4.69) is 16.4 Å². The van der Waals surface area contributed by atoms with Crippen molar-refractivity contribution in [3.63, 3.8) is 0 Å². The van der Waals surface area contributed by atoms with Crippen LogP contribution in [0.1, 0.15) is 7.43 Å². The number of rotatable bonds is 2. The van der Waals surface area contributed by atoms with Gasteiger partial charge in [0.15, 0.2) is 0 Å². The molecule has 0 spiro atoms. The van der Waals surface area contributed by atoms with Crippen molar-refractivity contribution in [1.82, 2.24) is 0 Å². The van der Waals surface area contributed by atoms with Gasteiger partial charge < -0.3 is 16.4 Å². The number of carbonyl (C=O) groups excluding carboxylic acids is 1. The Labute approximate surface area is 114 Å². The zero-order valence-electron chi connectivity index (χ0n) is 10.3. The number of hydrogen-bond acceptors (Lipinski definition) is 2. The second-order valence-corrected chi connectivity index (χ2v) is 3.31. The Morgan fingerprint density at radius 1 is 0.789 bits per heavy atom. The standard InChI is InChI=1S/C13H12N2O.CH5N.CH4/c16-13(14-11-7-3-1-4-8-11)15-12-9-5-2-6-10-12;1-2;/h1-10H,(H2,14,15,16);2H2,1H3;1H4. The largest absolute Gasteiger partial charge is 0.333 e. The van der Waals surface area contributed by atoms with Crippen LogP contribution in [0.25, 0.3) is 0 Å². The Kier molecular flexibility index (Phi) is 8.49. The smallest absolute Gasteiger partial charge is 0.323 e. The van der Waals surface area contributed by atoms with Crippen LogP contribution >= 0.6 is 0 Å². The number of carbonyl (C=O) groups is 1. The van der Waals surface area contributed by atoms with E-state index < -0.39 is 0 Å². The first-order valence-corrected chi connectivity index (χ1v) is 5.60. The van der Waals surface area contributed by atoms with Crippen LogP contribution in [0.5, 0.6) is 0 Å². The highest BCUT2D eigenvalue weighted by molar-refractivity contribution is 5.99. The molecule has 0 fully saturated rings. The maximum atomic E-state index is 11.6. The summed E-state index contributed by atoms with van der Waals surface area (Å²) < 4.78 is 0. The van der Waals surface area contributed by atoms with Crippen molar-refractivity contribution in [1.29, 1.82) is 0 Å². The Morgan fingerprint density at radius 2 is 1.11 bits per heavy atom. The molecule has 2 aromatic rings. The van der Waals surface area contributed by atoms with Gasteiger partial charge in [-0.2, -0.15) is 0 Å². The lowest BCUT2D eigenvalue weighted by Crippen LogP contribution is -2.19. The number of para-hydroxylation sites is 2. The summed E-state index contributed by atoms with van der Waals surface area (Å²) in [6.07, 6.45) is 0. The van der Waals surface area contributed by atoms with Crippen LogP contribution < -0.4 is 16.4 Å². The average molecular weight is 259 g/mol. The van der Waals surface area contributed by atoms with Crippen molar-refractivity contribution in [2.24, 2.45) is 5.73 Å². The second-order valence-electron chi connectivity index (χ2n) is 3.31. The summed E-state index contributed by atoms with van der Waals surface area (Å²) in [5, 5.41) is 5.48. The van der Waals surface area contributed by atoms with Gasteiger partial charge in [-0.15, -0.1) is 0 Å². The molecule has 0 atom stereocenters. The quantitative estimate of drug-likeness (QED) is 0.772. The highest BCUT2D eigenvalue weighted by Crippen LogP contribution is 2.08. The van der Waals surface area contributed by atoms with Gasteiger partial charge in [0.2, 0.25) is 0 Å². The topological polar surface area (TPSA) is 67.2 Å². The number of nitrogens with one attached hydrogen (secondary N) is 2. The van der Waals surface area contributed by atoms with Crippen molar-refractivity contribution in [3.8, 4) is 0 Å². The Morgan fingerprint density at radius 3 is 1.42 bits per heavy atom. The Bertz CT molecular complexity index is 414. The van der Waals surface area contributed by atoms with Crippen molar-refractivity contribution in [3.05, 3.63) is 60.7 Å². The summed E-state index contributed by atoms with van der Waals surface area (Å²) >= 11 is 0. The zero-order chi connectivity index (χ0) is 13.2. The van der Waals surface area contributed by atoms with Gasteiger partial charge in [-0.05, 0) is 31.3 Å². The van der Waals surface area contributed by atoms with Crippen LogP contribution in [-0.4, -0.2) is 13.1 Å². The van der Waals surface area contributed by atoms with E-state index in [1.54, 1.807) is 0 Å². The van der Waals surface area contributed by atoms with Gasteiger partial charge in [0.05, 0.1) is 0 Å². The van der Waals surface area contributed by atoms with Crippen molar-refractivity contribution in [2.75, 3.05) is 17.7 Å². The molecule has 0 aliphatic heterocycles. The molecular formula is C15H21N3O. The average Bonchev–Trinajstić information content (AvgIpc) is 2.43. The molecule has 4 heteroatoms. The van der Waals surface area contributed by atoms with E-state index in [0.29, 0.717) is 0 Å². The molecule has 0 unspecified atom stereocenters. The molecule has 19 heavy (non-hydrogen) atoms. The van der Waals surface area contributed by atoms with Crippen molar-refractivity contribution in [2.45, 2.75) is 7.43 Å². The molecule has 102 valence electrons. The molecular weight excluding hydrogens is 238 g/mol. The monoisotopic (exact) mass is 259 g/mol. The van der Waals surface area contributed by atoms with E-state index >= 15 is 0 Å². The van der Waals surface area contributed by atoms with Crippen molar-refractivity contribution < 1.29 is 4.79 Å². The second kappa shape index (κ2) is 9.67. The molecule has 0 aliphatic rings. The van der Waals surface area contributed by atoms with E-state index in [4.69, 9.17) is 0 Å². The minimum absolute atomic E-state index is 0. The van der Waals surface area contributed by atoms with Gasteiger partial charge in [0.25, 0.3) is 0 Å². The summed E-state index contributed by atoms with van der Waals surface area (Å²) in [4.78, 5) is 11.6. The molecule has 0 saturated heterocycles. The number of nitrogens with two attached hydrogens (primary N) is 1. The molecule has 0 heterocycles. The minimum atomic E-state index is -0.239. The molecule has 4 nitrogen and oxygen atoms in total. The fourth-order valence-electron chi connectivity index (χ4n) is 1.34. The summed E-state index contributed by atoms with van der Waals surface area (Å²) in [6.45, 7) is 0. The summed E-state index contributed by atoms with van der Waals surface area (Å²) in [5.74, 6) is 0. The van der Waals surface area contributed by atoms with Gasteiger partial charge in [0.1, 0.15) is 0 Å². The molecule has 4 N–H and O–H groups in total. The molecule has 0 bridgehead atoms. The first-order chi connectivity index (χ1) is 8.84. The zero-order valence-corrected chi connectivity index (χ0v) is 10.3. The summed E-state index contributed by atoms with van der Waals surface area (Å²) in [7, 11) is 1.50.